The molecule has 0 unspecified atom stereocenters. The van der Waals surface area contributed by atoms with E-state index in [9.17, 15) is 25.0 Å². The summed E-state index contributed by atoms with van der Waals surface area (Å²) in [5.74, 6) is 0.609. The summed E-state index contributed by atoms with van der Waals surface area (Å²) in [7, 11) is 0. The minimum absolute atomic E-state index is 0.0401. The third-order valence-corrected chi connectivity index (χ3v) is 5.82. The average molecular weight is 423 g/mol. The highest BCUT2D eigenvalue weighted by Gasteiger charge is 2.30. The van der Waals surface area contributed by atoms with Crippen molar-refractivity contribution in [3.05, 3.63) is 73.1 Å². The van der Waals surface area contributed by atoms with Gasteiger partial charge in [-0.05, 0) is 44.4 Å². The maximum atomic E-state index is 12.9. The molecule has 10 heteroatoms. The second-order valence-corrected chi connectivity index (χ2v) is 7.86. The number of piperidine rings is 1. The molecule has 2 aromatic carbocycles. The van der Waals surface area contributed by atoms with Crippen molar-refractivity contribution in [1.29, 1.82) is 0 Å². The summed E-state index contributed by atoms with van der Waals surface area (Å²) in [6, 6.07) is 8.27. The number of carbonyl (C=O) groups excluding carboxylic acids is 1. The lowest BCUT2D eigenvalue weighted by Crippen LogP contribution is -2.38. The Labute approximate surface area is 177 Å². The van der Waals surface area contributed by atoms with E-state index >= 15 is 0 Å². The number of amides is 1. The first-order valence-electron chi connectivity index (χ1n) is 9.93. The van der Waals surface area contributed by atoms with E-state index < -0.39 is 27.1 Å². The van der Waals surface area contributed by atoms with Gasteiger partial charge in [0.15, 0.2) is 0 Å². The van der Waals surface area contributed by atoms with Gasteiger partial charge in [-0.15, -0.1) is 0 Å². The van der Waals surface area contributed by atoms with E-state index in [-0.39, 0.29) is 17.0 Å². The number of aromatic amines is 1. The number of aromatic nitrogens is 2. The average Bonchev–Trinajstić information content (AvgIpc) is 3.16. The zero-order chi connectivity index (χ0) is 22.3. The number of rotatable bonds is 4. The molecule has 31 heavy (non-hydrogen) atoms. The molecule has 1 N–H and O–H groups in total. The summed E-state index contributed by atoms with van der Waals surface area (Å²) >= 11 is 0. The number of fused-ring (bicyclic) bond motifs is 1. The number of likely N-dealkylation sites (tertiary alicyclic amines) is 1. The topological polar surface area (TPSA) is 135 Å². The quantitative estimate of drug-likeness (QED) is 0.497. The maximum Gasteiger partial charge on any atom is 0.279 e. The first kappa shape index (κ1) is 20.5. The molecule has 1 aliphatic heterocycles. The number of nitro benzene ring substituents is 2. The number of aryl methyl sites for hydroxylation is 1. The van der Waals surface area contributed by atoms with Gasteiger partial charge in [0.1, 0.15) is 11.4 Å². The van der Waals surface area contributed by atoms with Crippen molar-refractivity contribution >= 4 is 28.3 Å². The second-order valence-electron chi connectivity index (χ2n) is 7.86. The molecule has 0 saturated carbocycles. The van der Waals surface area contributed by atoms with E-state index in [2.05, 4.69) is 9.97 Å². The van der Waals surface area contributed by atoms with E-state index in [1.165, 1.54) is 6.92 Å². The zero-order valence-electron chi connectivity index (χ0n) is 17.1. The minimum Gasteiger partial charge on any atom is -0.342 e. The molecular formula is C21H21N5O5. The third kappa shape index (κ3) is 3.83. The monoisotopic (exact) mass is 423 g/mol. The van der Waals surface area contributed by atoms with Gasteiger partial charge in [-0.1, -0.05) is 6.07 Å². The number of carbonyl (C=O) groups is 1. The lowest BCUT2D eigenvalue weighted by Gasteiger charge is -2.31. The molecule has 1 amide bonds. The molecular weight excluding hydrogens is 402 g/mol. The molecule has 4 rings (SSSR count). The fraction of sp³-hybridized carbons (Fsp3) is 0.333. The first-order chi connectivity index (χ1) is 14.7. The van der Waals surface area contributed by atoms with E-state index in [0.29, 0.717) is 25.9 Å². The molecule has 3 aromatic rings. The van der Waals surface area contributed by atoms with Crippen LogP contribution in [0.2, 0.25) is 0 Å². The Morgan fingerprint density at radius 1 is 1.06 bits per heavy atom. The van der Waals surface area contributed by atoms with Crippen molar-refractivity contribution in [3.63, 3.8) is 0 Å². The van der Waals surface area contributed by atoms with Gasteiger partial charge in [0.2, 0.25) is 0 Å². The van der Waals surface area contributed by atoms with Crippen LogP contribution in [-0.2, 0) is 0 Å². The Morgan fingerprint density at radius 3 is 2.26 bits per heavy atom. The molecule has 0 atom stereocenters. The van der Waals surface area contributed by atoms with Crippen molar-refractivity contribution in [1.82, 2.24) is 14.9 Å². The molecule has 0 aliphatic carbocycles. The van der Waals surface area contributed by atoms with Crippen molar-refractivity contribution in [2.75, 3.05) is 13.1 Å². The summed E-state index contributed by atoms with van der Waals surface area (Å²) in [6.45, 7) is 4.21. The van der Waals surface area contributed by atoms with Gasteiger partial charge >= 0.3 is 0 Å². The van der Waals surface area contributed by atoms with E-state index in [1.807, 2.05) is 25.1 Å². The molecule has 0 radical (unpaired) electrons. The fourth-order valence-electron chi connectivity index (χ4n) is 4.06. The van der Waals surface area contributed by atoms with Gasteiger partial charge in [0, 0.05) is 31.1 Å². The van der Waals surface area contributed by atoms with Crippen LogP contribution in [0, 0.1) is 34.1 Å². The summed E-state index contributed by atoms with van der Waals surface area (Å²) < 4.78 is 0. The SMILES string of the molecule is Cc1ccc2nc(C3CCN(C(=O)c4cc([N+](=O)[O-])c(C)c([N+](=O)[O-])c4)CC3)[nH]c2c1. The van der Waals surface area contributed by atoms with Gasteiger partial charge in [-0.2, -0.15) is 0 Å². The van der Waals surface area contributed by atoms with Gasteiger partial charge in [0.25, 0.3) is 17.3 Å². The number of imidazole rings is 1. The van der Waals surface area contributed by atoms with Crippen molar-refractivity contribution in [3.8, 4) is 0 Å². The summed E-state index contributed by atoms with van der Waals surface area (Å²) in [5, 5.41) is 22.6. The van der Waals surface area contributed by atoms with E-state index in [0.717, 1.165) is 34.6 Å². The number of nitrogens with one attached hydrogen (secondary N) is 1. The van der Waals surface area contributed by atoms with Crippen LogP contribution >= 0.6 is 0 Å². The van der Waals surface area contributed by atoms with Crippen LogP contribution in [0.25, 0.3) is 11.0 Å². The molecule has 1 fully saturated rings. The van der Waals surface area contributed by atoms with Crippen molar-refractivity contribution in [2.24, 2.45) is 0 Å². The van der Waals surface area contributed by atoms with Crippen LogP contribution in [0.1, 0.15) is 46.1 Å². The van der Waals surface area contributed by atoms with Crippen LogP contribution < -0.4 is 0 Å². The highest BCUT2D eigenvalue weighted by atomic mass is 16.6. The number of nitro groups is 2. The normalized spacial score (nSPS) is 14.7. The van der Waals surface area contributed by atoms with Gasteiger partial charge in [0.05, 0.1) is 26.4 Å². The highest BCUT2D eigenvalue weighted by molar-refractivity contribution is 5.96. The number of H-pyrrole nitrogens is 1. The predicted octanol–water partition coefficient (Wildman–Crippen LogP) is 4.02. The molecule has 0 bridgehead atoms. The number of nitrogens with zero attached hydrogens (tertiary/aromatic N) is 4. The van der Waals surface area contributed by atoms with E-state index in [1.54, 1.807) is 4.90 Å². The Hall–Kier alpha value is -3.82. The molecule has 1 aromatic heterocycles. The van der Waals surface area contributed by atoms with E-state index in [4.69, 9.17) is 0 Å². The van der Waals surface area contributed by atoms with Crippen LogP contribution in [0.15, 0.2) is 30.3 Å². The number of hydrogen-bond donors (Lipinski definition) is 1. The van der Waals surface area contributed by atoms with Gasteiger partial charge in [-0.3, -0.25) is 25.0 Å². The van der Waals surface area contributed by atoms with Crippen molar-refractivity contribution < 1.29 is 14.6 Å². The molecule has 1 aliphatic rings. The molecule has 10 nitrogen and oxygen atoms in total. The Balaban J connectivity index is 1.52. The van der Waals surface area contributed by atoms with Gasteiger partial charge < -0.3 is 9.88 Å². The lowest BCUT2D eigenvalue weighted by atomic mass is 9.95. The molecule has 160 valence electrons. The lowest BCUT2D eigenvalue weighted by molar-refractivity contribution is -0.395. The molecule has 0 spiro atoms. The van der Waals surface area contributed by atoms with Crippen LogP contribution in [-0.4, -0.2) is 43.7 Å². The number of benzene rings is 2. The zero-order valence-corrected chi connectivity index (χ0v) is 17.1. The van der Waals surface area contributed by atoms with Crippen molar-refractivity contribution in [2.45, 2.75) is 32.6 Å². The van der Waals surface area contributed by atoms with Gasteiger partial charge in [-0.25, -0.2) is 4.98 Å². The molecule has 2 heterocycles. The third-order valence-electron chi connectivity index (χ3n) is 5.82. The Bertz CT molecular complexity index is 1180. The highest BCUT2D eigenvalue weighted by Crippen LogP contribution is 2.32. The predicted molar refractivity (Wildman–Crippen MR) is 113 cm³/mol. The fourth-order valence-corrected chi connectivity index (χ4v) is 4.06. The minimum atomic E-state index is -0.700. The van der Waals surface area contributed by atoms with Crippen LogP contribution in [0.3, 0.4) is 0 Å². The van der Waals surface area contributed by atoms with Crippen LogP contribution in [0.4, 0.5) is 11.4 Å². The summed E-state index contributed by atoms with van der Waals surface area (Å²) in [6.07, 6.45) is 1.36. The number of hydrogen-bond acceptors (Lipinski definition) is 6. The first-order valence-corrected chi connectivity index (χ1v) is 9.93. The smallest absolute Gasteiger partial charge is 0.279 e. The standard InChI is InChI=1S/C21H21N5O5/c1-12-3-4-16-17(9-12)23-20(22-16)14-5-7-24(8-6-14)21(27)15-10-18(25(28)29)13(2)19(11-15)26(30)31/h3-4,9-11,14H,5-8H2,1-2H3,(H,22,23). The Morgan fingerprint density at radius 2 is 1.68 bits per heavy atom. The molecule has 1 saturated heterocycles. The summed E-state index contributed by atoms with van der Waals surface area (Å²) in [5.41, 5.74) is 2.07. The Kier molecular flexibility index (Phi) is 5.14. The largest absolute Gasteiger partial charge is 0.342 e. The maximum absolute atomic E-state index is 12.9. The van der Waals surface area contributed by atoms with Crippen LogP contribution in [0.5, 0.6) is 0 Å². The summed E-state index contributed by atoms with van der Waals surface area (Å²) in [4.78, 5) is 43.7. The second kappa shape index (κ2) is 7.78.